The van der Waals surface area contributed by atoms with Gasteiger partial charge in [0.1, 0.15) is 17.3 Å². The topological polar surface area (TPSA) is 167 Å². The van der Waals surface area contributed by atoms with Gasteiger partial charge in [0.2, 0.25) is 11.8 Å². The number of phenolic OH excluding ortho intramolecular Hbond substituents is 1. The molecule has 210 valence electrons. The van der Waals surface area contributed by atoms with E-state index in [4.69, 9.17) is 5.73 Å². The number of carbonyl (C=O) groups is 5. The van der Waals surface area contributed by atoms with Crippen LogP contribution in [0.15, 0.2) is 36.4 Å². The number of likely N-dealkylation sites (N-methyl/N-ethyl adjacent to an activating group) is 1. The smallest absolute Gasteiger partial charge is 0.228 e. The van der Waals surface area contributed by atoms with Gasteiger partial charge in [-0.15, -0.1) is 0 Å². The Morgan fingerprint density at radius 3 is 2.38 bits per heavy atom. The van der Waals surface area contributed by atoms with E-state index in [1.54, 1.807) is 25.1 Å². The Morgan fingerprint density at radius 1 is 1.10 bits per heavy atom. The Balaban J connectivity index is 1.55. The lowest BCUT2D eigenvalue weighted by Gasteiger charge is -2.53. The SMILES string of the molecule is CC(=O)NCc1ccc(-c2ccc(O)c3c2CC2CC4C(N(C)C)C(=O)C(C(N)=O)CC4(O)C(=O)C2C3=O)cc1. The number of aromatic hydroxyl groups is 1. The molecule has 2 saturated carbocycles. The monoisotopic (exact) mass is 547 g/mol. The lowest BCUT2D eigenvalue weighted by molar-refractivity contribution is -0.176. The highest BCUT2D eigenvalue weighted by Crippen LogP contribution is 2.52. The van der Waals surface area contributed by atoms with Crippen molar-refractivity contribution in [3.05, 3.63) is 53.1 Å². The molecule has 0 radical (unpaired) electrons. The van der Waals surface area contributed by atoms with E-state index in [0.717, 1.165) is 16.7 Å². The standard InChI is InChI=1S/C30H33N3O7/c1-14(34)32-13-15-4-6-16(7-5-15)18-8-9-22(35)24-19(18)10-17-11-21-25(33(2)3)26(36)20(29(31)39)12-30(21,40)28(38)23(17)27(24)37/h4-9,17,20-21,23,25,35,40H,10-13H2,1-3H3,(H2,31,39)(H,32,34). The molecule has 6 unspecified atom stereocenters. The Morgan fingerprint density at radius 2 is 1.77 bits per heavy atom. The van der Waals surface area contributed by atoms with Crippen molar-refractivity contribution < 1.29 is 34.2 Å². The van der Waals surface area contributed by atoms with Crippen molar-refractivity contribution in [3.8, 4) is 16.9 Å². The first-order valence-corrected chi connectivity index (χ1v) is 13.3. The highest BCUT2D eigenvalue weighted by Gasteiger charge is 2.64. The van der Waals surface area contributed by atoms with Crippen molar-refractivity contribution in [3.63, 3.8) is 0 Å². The summed E-state index contributed by atoms with van der Waals surface area (Å²) >= 11 is 0. The van der Waals surface area contributed by atoms with Gasteiger partial charge in [-0.2, -0.15) is 0 Å². The number of hydrogen-bond donors (Lipinski definition) is 4. The van der Waals surface area contributed by atoms with E-state index in [-0.39, 0.29) is 30.1 Å². The molecule has 2 amide bonds. The molecule has 5 N–H and O–H groups in total. The first kappa shape index (κ1) is 27.7. The quantitative estimate of drug-likeness (QED) is 0.402. The first-order chi connectivity index (χ1) is 18.8. The molecule has 2 aromatic carbocycles. The van der Waals surface area contributed by atoms with E-state index in [1.165, 1.54) is 13.0 Å². The number of aliphatic hydroxyl groups is 1. The number of rotatable bonds is 5. The first-order valence-electron chi connectivity index (χ1n) is 13.3. The minimum atomic E-state index is -2.08. The molecule has 0 aromatic heterocycles. The van der Waals surface area contributed by atoms with E-state index in [2.05, 4.69) is 5.32 Å². The molecular weight excluding hydrogens is 514 g/mol. The van der Waals surface area contributed by atoms with Gasteiger partial charge in [-0.25, -0.2) is 0 Å². The van der Waals surface area contributed by atoms with Crippen molar-refractivity contribution in [2.24, 2.45) is 29.4 Å². The third kappa shape index (κ3) is 4.31. The number of amides is 2. The molecule has 5 rings (SSSR count). The average Bonchev–Trinajstić information content (AvgIpc) is 2.88. The Hall–Kier alpha value is -3.89. The van der Waals surface area contributed by atoms with Gasteiger partial charge >= 0.3 is 0 Å². The molecule has 0 bridgehead atoms. The highest BCUT2D eigenvalue weighted by molar-refractivity contribution is 6.18. The van der Waals surface area contributed by atoms with Gasteiger partial charge in [0.15, 0.2) is 17.3 Å². The summed E-state index contributed by atoms with van der Waals surface area (Å²) in [6.07, 6.45) is 0.0488. The van der Waals surface area contributed by atoms with Crippen LogP contribution in [0.2, 0.25) is 0 Å². The van der Waals surface area contributed by atoms with E-state index < -0.39 is 65.0 Å². The predicted octanol–water partition coefficient (Wildman–Crippen LogP) is 0.991. The van der Waals surface area contributed by atoms with Crippen LogP contribution in [-0.4, -0.2) is 70.0 Å². The van der Waals surface area contributed by atoms with Crippen LogP contribution in [0.3, 0.4) is 0 Å². The van der Waals surface area contributed by atoms with Crippen LogP contribution in [-0.2, 0) is 32.1 Å². The van der Waals surface area contributed by atoms with Crippen molar-refractivity contribution in [2.75, 3.05) is 14.1 Å². The zero-order valence-corrected chi connectivity index (χ0v) is 22.6. The summed E-state index contributed by atoms with van der Waals surface area (Å²) in [6.45, 7) is 1.82. The molecule has 3 aliphatic rings. The average molecular weight is 548 g/mol. The largest absolute Gasteiger partial charge is 0.507 e. The number of phenols is 1. The number of hydrogen-bond acceptors (Lipinski definition) is 8. The highest BCUT2D eigenvalue weighted by atomic mass is 16.3. The molecule has 40 heavy (non-hydrogen) atoms. The molecule has 2 aromatic rings. The van der Waals surface area contributed by atoms with Crippen molar-refractivity contribution in [2.45, 2.75) is 44.4 Å². The third-order valence-electron chi connectivity index (χ3n) is 8.87. The van der Waals surface area contributed by atoms with Crippen molar-refractivity contribution in [1.82, 2.24) is 10.2 Å². The minimum Gasteiger partial charge on any atom is -0.507 e. The van der Waals surface area contributed by atoms with Gasteiger partial charge in [0.05, 0.1) is 17.5 Å². The summed E-state index contributed by atoms with van der Waals surface area (Å²) < 4.78 is 0. The number of benzene rings is 2. The summed E-state index contributed by atoms with van der Waals surface area (Å²) in [7, 11) is 3.30. The van der Waals surface area contributed by atoms with Crippen LogP contribution >= 0.6 is 0 Å². The number of Topliss-reactive ketones (excluding diaryl/α,β-unsaturated/α-hetero) is 3. The molecule has 3 aliphatic carbocycles. The molecule has 10 nitrogen and oxygen atoms in total. The summed E-state index contributed by atoms with van der Waals surface area (Å²) in [5.41, 5.74) is 6.50. The second kappa shape index (κ2) is 9.94. The summed E-state index contributed by atoms with van der Waals surface area (Å²) in [6, 6.07) is 9.72. The fraction of sp³-hybridized carbons (Fsp3) is 0.433. The number of nitrogens with zero attached hydrogens (tertiary/aromatic N) is 1. The van der Waals surface area contributed by atoms with E-state index in [0.29, 0.717) is 12.1 Å². The summed E-state index contributed by atoms with van der Waals surface area (Å²) in [5, 5.41) is 25.3. The molecule has 6 atom stereocenters. The van der Waals surface area contributed by atoms with E-state index in [1.807, 2.05) is 24.3 Å². The molecule has 2 fully saturated rings. The second-order valence-corrected chi connectivity index (χ2v) is 11.5. The number of primary amides is 1. The normalized spacial score (nSPS) is 29.4. The predicted molar refractivity (Wildman–Crippen MR) is 144 cm³/mol. The fourth-order valence-electron chi connectivity index (χ4n) is 7.01. The van der Waals surface area contributed by atoms with Gasteiger partial charge in [-0.1, -0.05) is 30.3 Å². The van der Waals surface area contributed by atoms with Crippen LogP contribution in [0.1, 0.15) is 41.3 Å². The number of ketones is 3. The van der Waals surface area contributed by atoms with Crippen LogP contribution < -0.4 is 11.1 Å². The second-order valence-electron chi connectivity index (χ2n) is 11.5. The summed E-state index contributed by atoms with van der Waals surface area (Å²) in [5.74, 6) is -6.89. The lowest BCUT2D eigenvalue weighted by Crippen LogP contribution is -2.69. The fourth-order valence-corrected chi connectivity index (χ4v) is 7.01. The van der Waals surface area contributed by atoms with Gasteiger partial charge in [0, 0.05) is 25.8 Å². The van der Waals surface area contributed by atoms with Crippen molar-refractivity contribution >= 4 is 29.2 Å². The number of nitrogens with two attached hydrogens (primary N) is 1. The minimum absolute atomic E-state index is 0.0546. The maximum Gasteiger partial charge on any atom is 0.228 e. The Labute approximate surface area is 231 Å². The molecule has 10 heteroatoms. The van der Waals surface area contributed by atoms with Crippen LogP contribution in [0.4, 0.5) is 0 Å². The van der Waals surface area contributed by atoms with Gasteiger partial charge in [-0.05, 0) is 61.2 Å². The number of nitrogens with one attached hydrogen (secondary N) is 1. The number of fused-ring (bicyclic) bond motifs is 3. The molecule has 0 saturated heterocycles. The Kier molecular flexibility index (Phi) is 6.87. The Bertz CT molecular complexity index is 1430. The van der Waals surface area contributed by atoms with Gasteiger partial charge in [-0.3, -0.25) is 28.9 Å². The van der Waals surface area contributed by atoms with Crippen LogP contribution in [0, 0.1) is 23.7 Å². The lowest BCUT2D eigenvalue weighted by atomic mass is 9.52. The zero-order valence-electron chi connectivity index (χ0n) is 22.6. The van der Waals surface area contributed by atoms with Gasteiger partial charge < -0.3 is 21.3 Å². The number of carbonyl (C=O) groups excluding carboxylic acids is 5. The molecule has 0 heterocycles. The zero-order chi connectivity index (χ0) is 29.1. The van der Waals surface area contributed by atoms with E-state index >= 15 is 0 Å². The third-order valence-corrected chi connectivity index (χ3v) is 8.87. The summed E-state index contributed by atoms with van der Waals surface area (Å²) in [4.78, 5) is 66.0. The van der Waals surface area contributed by atoms with Crippen LogP contribution in [0.5, 0.6) is 5.75 Å². The maximum absolute atomic E-state index is 13.9. The van der Waals surface area contributed by atoms with Crippen molar-refractivity contribution in [1.29, 1.82) is 0 Å². The molecular formula is C30H33N3O7. The maximum atomic E-state index is 13.9. The molecule has 0 spiro atoms. The molecule has 0 aliphatic heterocycles. The van der Waals surface area contributed by atoms with E-state index in [9.17, 15) is 34.2 Å². The van der Waals surface area contributed by atoms with Crippen LogP contribution in [0.25, 0.3) is 11.1 Å². The van der Waals surface area contributed by atoms with Gasteiger partial charge in [0.25, 0.3) is 0 Å².